The molecule has 0 bridgehead atoms. The van der Waals surface area contributed by atoms with E-state index < -0.39 is 0 Å². The van der Waals surface area contributed by atoms with Crippen LogP contribution in [0.1, 0.15) is 253 Å². The monoisotopic (exact) mass is 822 g/mol. The third-order valence-electron chi connectivity index (χ3n) is 12.4. The molecule has 0 saturated carbocycles. The normalized spacial score (nSPS) is 12.2. The van der Waals surface area contributed by atoms with Crippen molar-refractivity contribution in [3.05, 3.63) is 0 Å². The Hall–Kier alpha value is -1.63. The zero-order valence-corrected chi connectivity index (χ0v) is 39.7. The van der Waals surface area contributed by atoms with Crippen LogP contribution in [0.4, 0.5) is 0 Å². The van der Waals surface area contributed by atoms with Gasteiger partial charge in [0.05, 0.1) is 25.7 Å². The summed E-state index contributed by atoms with van der Waals surface area (Å²) in [5.41, 5.74) is 0. The van der Waals surface area contributed by atoms with Crippen LogP contribution in [0.15, 0.2) is 0 Å². The molecule has 0 radical (unpaired) electrons. The molecule has 0 amide bonds. The molecule has 7 nitrogen and oxygen atoms in total. The zero-order chi connectivity index (χ0) is 42.7. The third-order valence-corrected chi connectivity index (χ3v) is 12.4. The van der Waals surface area contributed by atoms with E-state index >= 15 is 0 Å². The Morgan fingerprint density at radius 2 is 0.741 bits per heavy atom. The SMILES string of the molecule is CCCCCC(CCCCC)CCOC(=O)CCCCCCCCC(CCCCCCC(=O)OCCC(CCCCC)CCCCC)C(=O)OCCCN(CC)CC. The summed E-state index contributed by atoms with van der Waals surface area (Å²) in [5, 5.41) is 0. The van der Waals surface area contributed by atoms with Crippen molar-refractivity contribution in [1.82, 2.24) is 4.90 Å². The number of carbonyl (C=O) groups excluding carboxylic acids is 3. The minimum absolute atomic E-state index is 0.0300. The number of esters is 3. The minimum Gasteiger partial charge on any atom is -0.466 e. The van der Waals surface area contributed by atoms with Gasteiger partial charge in [-0.25, -0.2) is 0 Å². The second-order valence-electron chi connectivity index (χ2n) is 17.6. The number of nitrogens with zero attached hydrogens (tertiary/aromatic N) is 1. The van der Waals surface area contributed by atoms with Crippen LogP contribution in [0.3, 0.4) is 0 Å². The van der Waals surface area contributed by atoms with Crippen molar-refractivity contribution in [3.63, 3.8) is 0 Å². The van der Waals surface area contributed by atoms with Crippen LogP contribution in [-0.4, -0.2) is 62.3 Å². The zero-order valence-electron chi connectivity index (χ0n) is 39.7. The molecule has 344 valence electrons. The quantitative estimate of drug-likeness (QED) is 0.0344. The average Bonchev–Trinajstić information content (AvgIpc) is 3.22. The van der Waals surface area contributed by atoms with Crippen LogP contribution in [0.2, 0.25) is 0 Å². The van der Waals surface area contributed by atoms with Gasteiger partial charge >= 0.3 is 17.9 Å². The van der Waals surface area contributed by atoms with Crippen LogP contribution >= 0.6 is 0 Å². The summed E-state index contributed by atoms with van der Waals surface area (Å²) in [6.45, 7) is 18.0. The molecule has 58 heavy (non-hydrogen) atoms. The van der Waals surface area contributed by atoms with E-state index in [-0.39, 0.29) is 23.8 Å². The van der Waals surface area contributed by atoms with E-state index in [1.165, 1.54) is 103 Å². The molecule has 7 heteroatoms. The van der Waals surface area contributed by atoms with Gasteiger partial charge in [0.2, 0.25) is 0 Å². The van der Waals surface area contributed by atoms with Gasteiger partial charge in [-0.2, -0.15) is 0 Å². The van der Waals surface area contributed by atoms with E-state index in [0.717, 1.165) is 116 Å². The number of unbranched alkanes of at least 4 members (excludes halogenated alkanes) is 16. The largest absolute Gasteiger partial charge is 0.466 e. The highest BCUT2D eigenvalue weighted by molar-refractivity contribution is 5.72. The lowest BCUT2D eigenvalue weighted by molar-refractivity contribution is -0.149. The first-order valence-corrected chi connectivity index (χ1v) is 25.5. The van der Waals surface area contributed by atoms with Crippen molar-refractivity contribution in [2.24, 2.45) is 17.8 Å². The molecule has 0 aliphatic carbocycles. The number of hydrogen-bond acceptors (Lipinski definition) is 7. The summed E-state index contributed by atoms with van der Waals surface area (Å²) in [7, 11) is 0. The molecule has 1 unspecified atom stereocenters. The molecule has 0 N–H and O–H groups in total. The van der Waals surface area contributed by atoms with Crippen molar-refractivity contribution in [1.29, 1.82) is 0 Å². The van der Waals surface area contributed by atoms with E-state index in [0.29, 0.717) is 44.5 Å². The maximum absolute atomic E-state index is 13.2. The van der Waals surface area contributed by atoms with Crippen molar-refractivity contribution in [2.75, 3.05) is 39.5 Å². The molecule has 1 atom stereocenters. The van der Waals surface area contributed by atoms with Crippen LogP contribution < -0.4 is 0 Å². The van der Waals surface area contributed by atoms with Crippen LogP contribution in [0.5, 0.6) is 0 Å². The average molecular weight is 822 g/mol. The van der Waals surface area contributed by atoms with Crippen molar-refractivity contribution >= 4 is 17.9 Å². The van der Waals surface area contributed by atoms with E-state index in [1.54, 1.807) is 0 Å². The minimum atomic E-state index is -0.0540. The van der Waals surface area contributed by atoms with E-state index in [4.69, 9.17) is 14.2 Å². The molecular formula is C51H99NO6. The predicted octanol–water partition coefficient (Wildman–Crippen LogP) is 14.8. The summed E-state index contributed by atoms with van der Waals surface area (Å²) >= 11 is 0. The van der Waals surface area contributed by atoms with Gasteiger partial charge < -0.3 is 19.1 Å². The number of carbonyl (C=O) groups is 3. The van der Waals surface area contributed by atoms with Gasteiger partial charge in [-0.15, -0.1) is 0 Å². The highest BCUT2D eigenvalue weighted by atomic mass is 16.5. The lowest BCUT2D eigenvalue weighted by atomic mass is 9.92. The number of hydrogen-bond donors (Lipinski definition) is 0. The van der Waals surface area contributed by atoms with Gasteiger partial charge in [-0.1, -0.05) is 196 Å². The fourth-order valence-electron chi connectivity index (χ4n) is 8.30. The van der Waals surface area contributed by atoms with Crippen molar-refractivity contribution in [3.8, 4) is 0 Å². The molecule has 0 aromatic rings. The van der Waals surface area contributed by atoms with Gasteiger partial charge in [0, 0.05) is 19.4 Å². The first-order valence-electron chi connectivity index (χ1n) is 25.5. The van der Waals surface area contributed by atoms with Crippen LogP contribution in [0, 0.1) is 17.8 Å². The maximum atomic E-state index is 13.2. The predicted molar refractivity (Wildman–Crippen MR) is 246 cm³/mol. The fraction of sp³-hybridized carbons (Fsp3) is 0.941. The maximum Gasteiger partial charge on any atom is 0.308 e. The second-order valence-corrected chi connectivity index (χ2v) is 17.6. The number of ether oxygens (including phenoxy) is 3. The Morgan fingerprint density at radius 3 is 1.12 bits per heavy atom. The molecular weight excluding hydrogens is 723 g/mol. The Labute approximate surface area is 361 Å². The molecule has 0 aromatic carbocycles. The van der Waals surface area contributed by atoms with Gasteiger partial charge in [0.25, 0.3) is 0 Å². The summed E-state index contributed by atoms with van der Waals surface area (Å²) in [6, 6.07) is 0. The smallest absolute Gasteiger partial charge is 0.308 e. The summed E-state index contributed by atoms with van der Waals surface area (Å²) in [5.74, 6) is 1.21. The Kier molecular flexibility index (Phi) is 42.2. The van der Waals surface area contributed by atoms with Gasteiger partial charge in [0.15, 0.2) is 0 Å². The molecule has 0 aliphatic heterocycles. The first-order chi connectivity index (χ1) is 28.3. The van der Waals surface area contributed by atoms with E-state index in [1.807, 2.05) is 0 Å². The molecule has 0 heterocycles. The first kappa shape index (κ1) is 56.4. The van der Waals surface area contributed by atoms with E-state index in [9.17, 15) is 14.4 Å². The topological polar surface area (TPSA) is 82.1 Å². The molecule has 0 aromatic heterocycles. The fourth-order valence-corrected chi connectivity index (χ4v) is 8.30. The molecule has 0 spiro atoms. The highest BCUT2D eigenvalue weighted by Gasteiger charge is 2.20. The van der Waals surface area contributed by atoms with Crippen molar-refractivity contribution < 1.29 is 28.6 Å². The lowest BCUT2D eigenvalue weighted by Crippen LogP contribution is -2.26. The van der Waals surface area contributed by atoms with Gasteiger partial charge in [-0.3, -0.25) is 14.4 Å². The summed E-state index contributed by atoms with van der Waals surface area (Å²) < 4.78 is 17.1. The van der Waals surface area contributed by atoms with Crippen LogP contribution in [0.25, 0.3) is 0 Å². The Balaban J connectivity index is 4.47. The highest BCUT2D eigenvalue weighted by Crippen LogP contribution is 2.24. The number of rotatable bonds is 45. The Bertz CT molecular complexity index is 887. The molecule has 0 fully saturated rings. The van der Waals surface area contributed by atoms with E-state index in [2.05, 4.69) is 46.4 Å². The van der Waals surface area contributed by atoms with Gasteiger partial charge in [-0.05, 0) is 69.9 Å². The Morgan fingerprint density at radius 1 is 0.379 bits per heavy atom. The lowest BCUT2D eigenvalue weighted by Gasteiger charge is -2.19. The molecule has 0 saturated heterocycles. The summed E-state index contributed by atoms with van der Waals surface area (Å²) in [4.78, 5) is 40.4. The molecule has 0 aliphatic rings. The molecule has 0 rings (SSSR count). The second kappa shape index (κ2) is 43.5. The van der Waals surface area contributed by atoms with Crippen LogP contribution in [-0.2, 0) is 28.6 Å². The standard InChI is InChI=1S/C51H99NO6/c1-7-13-23-32-46(33-24-14-8-2)40-44-56-49(53)38-29-20-18-17-19-27-36-48(51(55)58-43-31-42-52(11-5)12-6)37-28-21-22-30-39-50(54)57-45-41-47(34-25-15-9-3)35-26-16-10-4/h46-48H,7-45H2,1-6H3. The van der Waals surface area contributed by atoms with Crippen molar-refractivity contribution in [2.45, 2.75) is 253 Å². The van der Waals surface area contributed by atoms with Gasteiger partial charge in [0.1, 0.15) is 0 Å². The third kappa shape index (κ3) is 36.2. The summed E-state index contributed by atoms with van der Waals surface area (Å²) in [6.07, 6.45) is 36.3.